The van der Waals surface area contributed by atoms with Crippen LogP contribution in [0.1, 0.15) is 12.8 Å². The van der Waals surface area contributed by atoms with Gasteiger partial charge in [0.2, 0.25) is 0 Å². The number of hydrogen-bond acceptors (Lipinski definition) is 5. The highest BCUT2D eigenvalue weighted by molar-refractivity contribution is 5.96. The van der Waals surface area contributed by atoms with Crippen LogP contribution in [0.2, 0.25) is 0 Å². The van der Waals surface area contributed by atoms with Gasteiger partial charge >= 0.3 is 5.69 Å². The van der Waals surface area contributed by atoms with Crippen molar-refractivity contribution in [3.8, 4) is 0 Å². The number of aliphatic imine (C=N–C) groups is 1. The van der Waals surface area contributed by atoms with Crippen LogP contribution in [0.3, 0.4) is 0 Å². The molecule has 1 aliphatic rings. The molecular formula is C15H16N4O4. The molecule has 1 fully saturated rings. The van der Waals surface area contributed by atoms with Crippen LogP contribution in [-0.2, 0) is 0 Å². The van der Waals surface area contributed by atoms with E-state index in [1.165, 1.54) is 12.1 Å². The number of hydrogen-bond donors (Lipinski definition) is 0. The van der Waals surface area contributed by atoms with E-state index in [1.54, 1.807) is 18.2 Å². The molecule has 23 heavy (non-hydrogen) atoms. The smallest absolute Gasteiger partial charge is 0.301 e. The summed E-state index contributed by atoms with van der Waals surface area (Å²) in [4.78, 5) is 27.0. The Morgan fingerprint density at radius 2 is 1.91 bits per heavy atom. The van der Waals surface area contributed by atoms with Gasteiger partial charge in [0.25, 0.3) is 5.69 Å². The van der Waals surface area contributed by atoms with E-state index in [9.17, 15) is 20.2 Å². The number of benzene rings is 1. The summed E-state index contributed by atoms with van der Waals surface area (Å²) in [6.45, 7) is 5.24. The van der Waals surface area contributed by atoms with E-state index < -0.39 is 9.85 Å². The fourth-order valence-corrected chi connectivity index (χ4v) is 2.30. The van der Waals surface area contributed by atoms with E-state index in [4.69, 9.17) is 0 Å². The maximum absolute atomic E-state index is 11.2. The molecule has 0 spiro atoms. The van der Waals surface area contributed by atoms with Gasteiger partial charge in [-0.3, -0.25) is 20.2 Å². The van der Waals surface area contributed by atoms with Gasteiger partial charge in [0, 0.05) is 19.2 Å². The molecule has 1 aliphatic heterocycles. The third kappa shape index (κ3) is 4.00. The van der Waals surface area contributed by atoms with Crippen molar-refractivity contribution in [1.82, 2.24) is 4.90 Å². The van der Waals surface area contributed by atoms with Crippen molar-refractivity contribution in [2.75, 3.05) is 13.1 Å². The van der Waals surface area contributed by atoms with Crippen LogP contribution < -0.4 is 0 Å². The highest BCUT2D eigenvalue weighted by Gasteiger charge is 2.21. The molecular weight excluding hydrogens is 300 g/mol. The van der Waals surface area contributed by atoms with E-state index in [0.29, 0.717) is 5.84 Å². The first-order chi connectivity index (χ1) is 11.0. The Hall–Kier alpha value is -3.03. The zero-order valence-corrected chi connectivity index (χ0v) is 12.4. The number of nitro benzene ring substituents is 2. The van der Waals surface area contributed by atoms with Crippen LogP contribution in [0.15, 0.2) is 48.0 Å². The molecule has 0 aromatic heterocycles. The lowest BCUT2D eigenvalue weighted by atomic mass is 10.2. The molecule has 2 rings (SSSR count). The number of nitrogens with zero attached hydrogens (tertiary/aromatic N) is 4. The third-order valence-corrected chi connectivity index (χ3v) is 3.41. The summed E-state index contributed by atoms with van der Waals surface area (Å²) in [5.74, 6) is 0.583. The van der Waals surface area contributed by atoms with Crippen molar-refractivity contribution < 1.29 is 9.85 Å². The molecule has 8 nitrogen and oxygen atoms in total. The molecule has 120 valence electrons. The predicted molar refractivity (Wildman–Crippen MR) is 87.0 cm³/mol. The highest BCUT2D eigenvalue weighted by Crippen LogP contribution is 2.32. The summed E-state index contributed by atoms with van der Waals surface area (Å²) in [7, 11) is 0. The lowest BCUT2D eigenvalue weighted by Gasteiger charge is -2.17. The molecule has 8 heteroatoms. The first kappa shape index (κ1) is 16.3. The maximum atomic E-state index is 11.2. The minimum absolute atomic E-state index is 0.0937. The van der Waals surface area contributed by atoms with E-state index >= 15 is 0 Å². The van der Waals surface area contributed by atoms with Gasteiger partial charge in [-0.2, -0.15) is 0 Å². The fraction of sp³-hybridized carbons (Fsp3) is 0.267. The van der Waals surface area contributed by atoms with Gasteiger partial charge < -0.3 is 4.90 Å². The number of rotatable bonds is 5. The Morgan fingerprint density at radius 3 is 2.48 bits per heavy atom. The van der Waals surface area contributed by atoms with Crippen molar-refractivity contribution in [3.05, 3.63) is 63.2 Å². The molecule has 0 radical (unpaired) electrons. The van der Waals surface area contributed by atoms with Crippen molar-refractivity contribution in [1.29, 1.82) is 0 Å². The summed E-state index contributed by atoms with van der Waals surface area (Å²) in [6, 6.07) is 3.44. The summed E-state index contributed by atoms with van der Waals surface area (Å²) in [5, 5.41) is 22.0. The van der Waals surface area contributed by atoms with Crippen LogP contribution in [0.25, 0.3) is 0 Å². The van der Waals surface area contributed by atoms with Gasteiger partial charge in [-0.1, -0.05) is 18.7 Å². The Kier molecular flexibility index (Phi) is 5.19. The fourth-order valence-electron chi connectivity index (χ4n) is 2.30. The second kappa shape index (κ2) is 7.30. The van der Waals surface area contributed by atoms with Crippen LogP contribution in [0.4, 0.5) is 17.1 Å². The molecule has 0 unspecified atom stereocenters. The summed E-state index contributed by atoms with van der Waals surface area (Å²) < 4.78 is 0. The number of allylic oxidation sites excluding steroid dienone is 2. The molecule has 1 aromatic carbocycles. The predicted octanol–water partition coefficient (Wildman–Crippen LogP) is 3.37. The van der Waals surface area contributed by atoms with E-state index in [2.05, 4.69) is 11.6 Å². The monoisotopic (exact) mass is 316 g/mol. The van der Waals surface area contributed by atoms with Crippen LogP contribution in [0, 0.1) is 20.2 Å². The van der Waals surface area contributed by atoms with Crippen molar-refractivity contribution in [2.45, 2.75) is 12.8 Å². The minimum atomic E-state index is -0.667. The Balaban J connectivity index is 2.48. The van der Waals surface area contributed by atoms with Crippen LogP contribution in [-0.4, -0.2) is 33.7 Å². The zero-order chi connectivity index (χ0) is 16.8. The average Bonchev–Trinajstić information content (AvgIpc) is 3.05. The lowest BCUT2D eigenvalue weighted by Crippen LogP contribution is -2.25. The molecule has 0 aliphatic carbocycles. The van der Waals surface area contributed by atoms with Gasteiger partial charge in [0.05, 0.1) is 15.9 Å². The zero-order valence-electron chi connectivity index (χ0n) is 12.4. The summed E-state index contributed by atoms with van der Waals surface area (Å²) in [6.07, 6.45) is 7.08. The Labute approximate surface area is 132 Å². The van der Waals surface area contributed by atoms with Crippen molar-refractivity contribution in [2.24, 2.45) is 4.99 Å². The van der Waals surface area contributed by atoms with E-state index in [-0.39, 0.29) is 17.1 Å². The van der Waals surface area contributed by atoms with Gasteiger partial charge in [-0.05, 0) is 25.0 Å². The number of amidine groups is 1. The molecule has 0 atom stereocenters. The lowest BCUT2D eigenvalue weighted by molar-refractivity contribution is -0.393. The molecule has 1 saturated heterocycles. The van der Waals surface area contributed by atoms with E-state index in [0.717, 1.165) is 32.0 Å². The summed E-state index contributed by atoms with van der Waals surface area (Å²) in [5.41, 5.74) is -0.626. The molecule has 1 heterocycles. The molecule has 0 N–H and O–H groups in total. The molecule has 0 saturated carbocycles. The highest BCUT2D eigenvalue weighted by atomic mass is 16.6. The summed E-state index contributed by atoms with van der Waals surface area (Å²) >= 11 is 0. The normalized spacial score (nSPS) is 15.1. The van der Waals surface area contributed by atoms with Gasteiger partial charge in [-0.25, -0.2) is 4.99 Å². The Bertz CT molecular complexity index is 691. The van der Waals surface area contributed by atoms with Crippen LogP contribution in [0.5, 0.6) is 0 Å². The van der Waals surface area contributed by atoms with Crippen LogP contribution >= 0.6 is 0 Å². The van der Waals surface area contributed by atoms with E-state index in [1.807, 2.05) is 4.90 Å². The Morgan fingerprint density at radius 1 is 1.22 bits per heavy atom. The number of nitro groups is 2. The first-order valence-corrected chi connectivity index (χ1v) is 7.08. The standard InChI is InChI=1S/C15H16N4O4/c1-2-3-6-15(17-9-4-5-10-17)16-13-8-7-12(18(20)21)11-14(13)19(22)23/h2-3,6-8,11H,1,4-5,9-10H2/b6-3+,16-15?. The SMILES string of the molecule is C=C/C=C/C(=Nc1ccc([N+](=O)[O-])cc1[N+](=O)[O-])N1CCCC1. The second-order valence-electron chi connectivity index (χ2n) is 4.95. The van der Waals surface area contributed by atoms with Gasteiger partial charge in [0.1, 0.15) is 11.5 Å². The average molecular weight is 316 g/mol. The maximum Gasteiger partial charge on any atom is 0.301 e. The second-order valence-corrected chi connectivity index (χ2v) is 4.95. The number of non-ortho nitro benzene ring substituents is 1. The first-order valence-electron chi connectivity index (χ1n) is 7.08. The van der Waals surface area contributed by atoms with Crippen molar-refractivity contribution >= 4 is 22.9 Å². The molecule has 0 amide bonds. The quantitative estimate of drug-likeness (QED) is 0.272. The molecule has 0 bridgehead atoms. The topological polar surface area (TPSA) is 102 Å². The third-order valence-electron chi connectivity index (χ3n) is 3.41. The minimum Gasteiger partial charge on any atom is -0.357 e. The van der Waals surface area contributed by atoms with Gasteiger partial charge in [-0.15, -0.1) is 0 Å². The molecule has 1 aromatic rings. The largest absolute Gasteiger partial charge is 0.357 e. The van der Waals surface area contributed by atoms with Gasteiger partial charge in [0.15, 0.2) is 0 Å². The van der Waals surface area contributed by atoms with Crippen molar-refractivity contribution in [3.63, 3.8) is 0 Å². The number of likely N-dealkylation sites (tertiary alicyclic amines) is 1.